The molecule has 1 heterocycles. The number of ether oxygens (including phenoxy) is 3. The van der Waals surface area contributed by atoms with E-state index in [9.17, 15) is 49.8 Å². The Morgan fingerprint density at radius 2 is 1.62 bits per heavy atom. The fraction of sp³-hybridized carbons (Fsp3) is 0.812. The van der Waals surface area contributed by atoms with Crippen molar-refractivity contribution in [2.45, 2.75) is 133 Å². The van der Waals surface area contributed by atoms with Gasteiger partial charge in [0, 0.05) is 119 Å². The molecule has 5 rings (SSSR count). The Labute approximate surface area is 351 Å². The predicted molar refractivity (Wildman–Crippen MR) is 157 cm³/mol. The molecule has 0 aromatic heterocycles. The van der Waals surface area contributed by atoms with Gasteiger partial charge in [-0.15, -0.1) is 0 Å². The zero-order valence-electron chi connectivity index (χ0n) is 28.0. The Balaban J connectivity index is 0.00000312. The number of Topliss-reactive ketones (excluding diaryl/α,β-unsaturated/α-hetero) is 1. The first-order valence-electron chi connectivity index (χ1n) is 16.1. The molecule has 0 unspecified atom stereocenters. The molecule has 1 aliphatic heterocycles. The maximum atomic E-state index is 14.3. The number of ketones is 1. The van der Waals surface area contributed by atoms with Crippen LogP contribution in [0.3, 0.4) is 0 Å². The minimum atomic E-state index is -2.22. The molecule has 14 nitrogen and oxygen atoms in total. The second-order valence-electron chi connectivity index (χ2n) is 14.7. The third kappa shape index (κ3) is 6.78. The zero-order chi connectivity index (χ0) is 34.1. The van der Waals surface area contributed by atoms with Crippen LogP contribution < -0.4 is 5.32 Å². The van der Waals surface area contributed by atoms with E-state index in [0.717, 1.165) is 26.2 Å². The molecule has 2 radical (unpaired) electrons. The van der Waals surface area contributed by atoms with Gasteiger partial charge in [0.15, 0.2) is 11.9 Å². The zero-order valence-corrected chi connectivity index (χ0v) is 37.5. The van der Waals surface area contributed by atoms with Crippen LogP contribution in [0.2, 0.25) is 0 Å². The van der Waals surface area contributed by atoms with Crippen LogP contribution in [-0.4, -0.2) is 115 Å². The average Bonchev–Trinajstić information content (AvgIpc) is 2.98. The third-order valence-electron chi connectivity index (χ3n) is 12.0. The molecular weight excluding hydrogens is 1060 g/mol. The minimum Gasteiger partial charge on any atom is -0.465 e. The van der Waals surface area contributed by atoms with Crippen molar-refractivity contribution in [2.24, 2.45) is 22.7 Å². The SMILES string of the molecule is CC(=O)O[C@H]1[C@@H]2[C@]3(O)CO[C@@H]3C[C@H](O)[C@@]2(C)C(=O)[C@H](O)C2=C(C)[C@@H](OC(=O)[C@H](O)[C@@H](NC(=O)O)C3CCCCC3)C[C@]1(O)C2(C)C.[Ac].[Ac]. The number of hydrogen-bond acceptors (Lipinski definition) is 12. The van der Waals surface area contributed by atoms with E-state index >= 15 is 0 Å². The van der Waals surface area contributed by atoms with E-state index in [0.29, 0.717) is 12.8 Å². The van der Waals surface area contributed by atoms with E-state index in [4.69, 9.17) is 14.2 Å². The van der Waals surface area contributed by atoms with Gasteiger partial charge in [-0.1, -0.05) is 33.1 Å². The Morgan fingerprint density at radius 3 is 2.15 bits per heavy atom. The summed E-state index contributed by atoms with van der Waals surface area (Å²) in [5.74, 6) is -4.68. The van der Waals surface area contributed by atoms with Crippen molar-refractivity contribution >= 4 is 23.8 Å². The number of rotatable bonds is 6. The van der Waals surface area contributed by atoms with Gasteiger partial charge in [-0.3, -0.25) is 9.59 Å². The fourth-order valence-corrected chi connectivity index (χ4v) is 9.24. The van der Waals surface area contributed by atoms with E-state index in [2.05, 4.69) is 5.32 Å². The van der Waals surface area contributed by atoms with E-state index in [1.807, 2.05) is 0 Å². The van der Waals surface area contributed by atoms with E-state index in [-0.39, 0.29) is 118 Å². The van der Waals surface area contributed by atoms with Crippen LogP contribution >= 0.6 is 0 Å². The number of carbonyl (C=O) groups is 4. The monoisotopic (exact) mass is 1110 g/mol. The van der Waals surface area contributed by atoms with Gasteiger partial charge in [-0.2, -0.15) is 0 Å². The number of amides is 1. The first-order chi connectivity index (χ1) is 21.3. The molecule has 48 heavy (non-hydrogen) atoms. The summed E-state index contributed by atoms with van der Waals surface area (Å²) in [6.45, 7) is 6.78. The number of esters is 2. The molecular formula is C32H47Ac2NO13. The Hall–Kier alpha value is 0.263. The fourth-order valence-electron chi connectivity index (χ4n) is 9.24. The van der Waals surface area contributed by atoms with Crippen LogP contribution in [0.5, 0.6) is 0 Å². The van der Waals surface area contributed by atoms with Gasteiger partial charge in [0.1, 0.15) is 29.5 Å². The first-order valence-corrected chi connectivity index (χ1v) is 16.1. The molecule has 4 fully saturated rings. The first kappa shape index (κ1) is 42.7. The van der Waals surface area contributed by atoms with E-state index < -0.39 is 101 Å². The number of aliphatic hydroxyl groups excluding tert-OH is 3. The maximum absolute atomic E-state index is 14.3. The number of carboxylic acid groups (broad SMARTS) is 1. The summed E-state index contributed by atoms with van der Waals surface area (Å²) in [5.41, 5.74) is -7.29. The Morgan fingerprint density at radius 1 is 1.02 bits per heavy atom. The van der Waals surface area contributed by atoms with E-state index in [1.165, 1.54) is 13.8 Å². The summed E-state index contributed by atoms with van der Waals surface area (Å²) in [7, 11) is 0. The topological polar surface area (TPSA) is 229 Å². The van der Waals surface area contributed by atoms with Crippen LogP contribution in [0.25, 0.3) is 0 Å². The van der Waals surface area contributed by atoms with Crippen molar-refractivity contribution in [3.63, 3.8) is 0 Å². The molecule has 1 saturated heterocycles. The number of fused-ring (bicyclic) bond motifs is 5. The van der Waals surface area contributed by atoms with Crippen LogP contribution in [-0.2, 0) is 28.6 Å². The molecule has 16 heteroatoms. The van der Waals surface area contributed by atoms with Crippen molar-refractivity contribution in [3.8, 4) is 0 Å². The average molecular weight is 1110 g/mol. The van der Waals surface area contributed by atoms with Gasteiger partial charge >= 0.3 is 18.0 Å². The van der Waals surface area contributed by atoms with Gasteiger partial charge in [0.25, 0.3) is 0 Å². The Kier molecular flexibility index (Phi) is 13.6. The number of hydrogen-bond donors (Lipinski definition) is 7. The summed E-state index contributed by atoms with van der Waals surface area (Å²) >= 11 is 0. The van der Waals surface area contributed by atoms with Crippen molar-refractivity contribution in [1.82, 2.24) is 5.32 Å². The van der Waals surface area contributed by atoms with Gasteiger partial charge < -0.3 is 50.2 Å². The smallest absolute Gasteiger partial charge is 0.404 e. The number of aliphatic hydroxyl groups is 5. The third-order valence-corrected chi connectivity index (χ3v) is 12.0. The minimum absolute atomic E-state index is 0. The summed E-state index contributed by atoms with van der Waals surface area (Å²) in [4.78, 5) is 52.1. The molecule has 0 aromatic rings. The molecule has 4 aliphatic carbocycles. The summed E-state index contributed by atoms with van der Waals surface area (Å²) in [6.07, 6.45) is -7.54. The van der Waals surface area contributed by atoms with Crippen LogP contribution in [0, 0.1) is 111 Å². The second kappa shape index (κ2) is 15.3. The number of nitrogens with one attached hydrogen (secondary N) is 1. The predicted octanol–water partition coefficient (Wildman–Crippen LogP) is 0.345. The van der Waals surface area contributed by atoms with Crippen molar-refractivity contribution in [3.05, 3.63) is 11.1 Å². The molecule has 5 aliphatic rings. The number of carbonyl (C=O) groups excluding carboxylic acids is 3. The van der Waals surface area contributed by atoms with Crippen molar-refractivity contribution in [2.75, 3.05) is 6.61 Å². The molecule has 0 aromatic carbocycles. The largest absolute Gasteiger partial charge is 0.465 e. The van der Waals surface area contributed by atoms with Gasteiger partial charge in [0.05, 0.1) is 30.3 Å². The molecule has 264 valence electrons. The van der Waals surface area contributed by atoms with Gasteiger partial charge in [-0.25, -0.2) is 9.59 Å². The summed E-state index contributed by atoms with van der Waals surface area (Å²) < 4.78 is 17.1. The maximum Gasteiger partial charge on any atom is 0.404 e. The molecule has 1 amide bonds. The normalized spacial score (nSPS) is 40.1. The molecule has 3 saturated carbocycles. The summed E-state index contributed by atoms with van der Waals surface area (Å²) in [6, 6.07) is -1.16. The Bertz CT molecular complexity index is 1320. The van der Waals surface area contributed by atoms with Crippen molar-refractivity contribution < 1.29 is 152 Å². The van der Waals surface area contributed by atoms with Crippen LogP contribution in [0.4, 0.5) is 4.79 Å². The van der Waals surface area contributed by atoms with Crippen LogP contribution in [0.1, 0.15) is 79.6 Å². The van der Waals surface area contributed by atoms with Gasteiger partial charge in [-0.05, 0) is 43.8 Å². The van der Waals surface area contributed by atoms with Crippen LogP contribution in [0.15, 0.2) is 11.1 Å². The molecule has 2 bridgehead atoms. The molecule has 7 N–H and O–H groups in total. The molecule has 0 spiro atoms. The van der Waals surface area contributed by atoms with Crippen molar-refractivity contribution in [1.29, 1.82) is 0 Å². The summed E-state index contributed by atoms with van der Waals surface area (Å²) in [5, 5.41) is 70.7. The van der Waals surface area contributed by atoms with E-state index in [1.54, 1.807) is 13.8 Å². The van der Waals surface area contributed by atoms with Gasteiger partial charge in [0.2, 0.25) is 0 Å². The molecule has 11 atom stereocenters. The second-order valence-corrected chi connectivity index (χ2v) is 14.7. The quantitative estimate of drug-likeness (QED) is 0.141. The standard InChI is InChI=1S/C32H47NO13.2Ac/c1-14-17(46-27(39)23(37)21(33-28(40)41)16-9-7-6-8-10-16)12-32(43)26(45-15(2)34)24-30(5,18(35)11-19-31(24,42)13-44-19)25(38)22(36)20(14)29(32,3)4;;/h16-19,21-24,26,33,35-37,42-43H,6-13H2,1-5H3,(H,40,41);;/t17-,18-,19+,21-,22+,23+,24-,26-,30+,31-,32+;;/m0../s1.